The Morgan fingerprint density at radius 3 is 2.48 bits per heavy atom. The highest BCUT2D eigenvalue weighted by Gasteiger charge is 2.21. The van der Waals surface area contributed by atoms with Gasteiger partial charge in [0.15, 0.2) is 18.2 Å². The number of ether oxygens (including phenoxy) is 1. The fraction of sp³-hybridized carbons (Fsp3) is 0.345. The van der Waals surface area contributed by atoms with E-state index in [-0.39, 0.29) is 23.9 Å². The molecule has 1 fully saturated rings. The van der Waals surface area contributed by atoms with E-state index in [1.54, 1.807) is 19.2 Å². The number of carbonyl (C=O) groups excluding carboxylic acids is 1. The van der Waals surface area contributed by atoms with Crippen molar-refractivity contribution in [2.45, 2.75) is 31.8 Å². The number of hydrogen-bond donors (Lipinski definition) is 4. The summed E-state index contributed by atoms with van der Waals surface area (Å²) < 4.78 is 21.5. The lowest BCUT2D eigenvalue weighted by Crippen LogP contribution is -2.43. The lowest BCUT2D eigenvalue weighted by molar-refractivity contribution is -0.134. The number of benzene rings is 1. The van der Waals surface area contributed by atoms with Gasteiger partial charge in [-0.2, -0.15) is 0 Å². The van der Waals surface area contributed by atoms with Crippen LogP contribution in [0.1, 0.15) is 24.1 Å². The van der Waals surface area contributed by atoms with Crippen LogP contribution in [0.2, 0.25) is 0 Å². The summed E-state index contributed by atoms with van der Waals surface area (Å²) in [4.78, 5) is 49.5. The third kappa shape index (κ3) is 7.98. The van der Waals surface area contributed by atoms with Gasteiger partial charge in [0, 0.05) is 50.0 Å². The summed E-state index contributed by atoms with van der Waals surface area (Å²) in [5, 5.41) is 22.8. The zero-order chi connectivity index (χ0) is 30.2. The second-order valence-electron chi connectivity index (χ2n) is 9.94. The number of aliphatic carboxylic acids is 2. The molecule has 4 heterocycles. The number of carboxylic acid groups (broad SMARTS) is 2. The average Bonchev–Trinajstić information content (AvgIpc) is 2.97. The van der Waals surface area contributed by atoms with Crippen LogP contribution in [-0.2, 0) is 34.4 Å². The summed E-state index contributed by atoms with van der Waals surface area (Å²) in [5.41, 5.74) is 2.01. The van der Waals surface area contributed by atoms with Crippen molar-refractivity contribution in [3.8, 4) is 5.75 Å². The van der Waals surface area contributed by atoms with Crippen LogP contribution in [0.5, 0.6) is 5.75 Å². The fourth-order valence-electron chi connectivity index (χ4n) is 4.91. The Bertz CT molecular complexity index is 1550. The van der Waals surface area contributed by atoms with Gasteiger partial charge in [0.05, 0.1) is 11.2 Å². The standard InChI is InChI=1S/C25H28FN5O3.C4H4O4/c1-30-23(33)7-3-16-2-5-20(26)19(24(16)30)10-13-31-11-8-17(9-12-31)27-14-18-4-6-21-25(28-18)29-22(32)15-34-21;5-3(6)1-2-4(7)8/h2-7,17,27H,8-15H2,1H3,(H,28,29,32);1-2H,(H,5,6)(H,7,8)/b;2-1+. The molecule has 0 bridgehead atoms. The van der Waals surface area contributed by atoms with Gasteiger partial charge in [-0.3, -0.25) is 9.59 Å². The summed E-state index contributed by atoms with van der Waals surface area (Å²) in [5.74, 6) is -1.89. The molecular weight excluding hydrogens is 549 g/mol. The van der Waals surface area contributed by atoms with Crippen LogP contribution in [0.4, 0.5) is 10.2 Å². The Morgan fingerprint density at radius 1 is 1.10 bits per heavy atom. The molecule has 0 radical (unpaired) electrons. The molecule has 3 aromatic rings. The molecule has 1 amide bonds. The molecule has 0 spiro atoms. The van der Waals surface area contributed by atoms with E-state index in [4.69, 9.17) is 14.9 Å². The predicted octanol–water partition coefficient (Wildman–Crippen LogP) is 1.91. The van der Waals surface area contributed by atoms with E-state index in [1.807, 2.05) is 12.1 Å². The molecule has 4 N–H and O–H groups in total. The monoisotopic (exact) mass is 581 g/mol. The number of fused-ring (bicyclic) bond motifs is 2. The quantitative estimate of drug-likeness (QED) is 0.289. The van der Waals surface area contributed by atoms with Gasteiger partial charge in [-0.05, 0) is 68.1 Å². The molecule has 2 aromatic heterocycles. The van der Waals surface area contributed by atoms with E-state index < -0.39 is 11.9 Å². The van der Waals surface area contributed by atoms with Crippen LogP contribution >= 0.6 is 0 Å². The molecule has 1 aromatic carbocycles. The molecule has 42 heavy (non-hydrogen) atoms. The number of anilines is 1. The molecule has 1 saturated heterocycles. The molecule has 222 valence electrons. The van der Waals surface area contributed by atoms with Gasteiger partial charge in [-0.1, -0.05) is 0 Å². The van der Waals surface area contributed by atoms with Crippen molar-refractivity contribution in [1.29, 1.82) is 0 Å². The molecule has 13 heteroatoms. The van der Waals surface area contributed by atoms with E-state index in [1.165, 1.54) is 16.7 Å². The maximum atomic E-state index is 14.7. The lowest BCUT2D eigenvalue weighted by Gasteiger charge is -2.32. The number of hydrogen-bond acceptors (Lipinski definition) is 8. The van der Waals surface area contributed by atoms with Gasteiger partial charge >= 0.3 is 11.9 Å². The molecule has 0 unspecified atom stereocenters. The van der Waals surface area contributed by atoms with Crippen molar-refractivity contribution < 1.29 is 33.7 Å². The number of rotatable bonds is 8. The highest BCUT2D eigenvalue weighted by molar-refractivity contribution is 5.94. The Balaban J connectivity index is 0.000000446. The molecule has 2 aliphatic rings. The third-order valence-electron chi connectivity index (χ3n) is 7.07. The molecule has 0 saturated carbocycles. The number of pyridine rings is 2. The summed E-state index contributed by atoms with van der Waals surface area (Å²) in [6, 6.07) is 10.6. The Morgan fingerprint density at radius 2 is 1.79 bits per heavy atom. The minimum absolute atomic E-state index is 0.0239. The van der Waals surface area contributed by atoms with Crippen LogP contribution < -0.4 is 20.9 Å². The summed E-state index contributed by atoms with van der Waals surface area (Å²) in [7, 11) is 1.70. The molecule has 5 rings (SSSR count). The highest BCUT2D eigenvalue weighted by Crippen LogP contribution is 2.25. The van der Waals surface area contributed by atoms with E-state index in [0.717, 1.165) is 43.6 Å². The highest BCUT2D eigenvalue weighted by atomic mass is 19.1. The summed E-state index contributed by atoms with van der Waals surface area (Å²) in [6.45, 7) is 3.23. The van der Waals surface area contributed by atoms with E-state index >= 15 is 0 Å². The van der Waals surface area contributed by atoms with Gasteiger partial charge in [-0.15, -0.1) is 0 Å². The number of likely N-dealkylation sites (tertiary alicyclic amines) is 1. The predicted molar refractivity (Wildman–Crippen MR) is 152 cm³/mol. The van der Waals surface area contributed by atoms with Crippen LogP contribution in [0, 0.1) is 5.82 Å². The lowest BCUT2D eigenvalue weighted by atomic mass is 10.0. The second kappa shape index (κ2) is 13.8. The van der Waals surface area contributed by atoms with Gasteiger partial charge < -0.3 is 35.1 Å². The zero-order valence-electron chi connectivity index (χ0n) is 23.0. The molecule has 0 atom stereocenters. The molecule has 2 aliphatic heterocycles. The number of aryl methyl sites for hydroxylation is 1. The number of aromatic nitrogens is 2. The minimum atomic E-state index is -1.26. The number of carbonyl (C=O) groups is 3. The van der Waals surface area contributed by atoms with Crippen molar-refractivity contribution in [3.63, 3.8) is 0 Å². The van der Waals surface area contributed by atoms with Crippen molar-refractivity contribution in [2.24, 2.45) is 7.05 Å². The van der Waals surface area contributed by atoms with E-state index in [2.05, 4.69) is 20.5 Å². The smallest absolute Gasteiger partial charge is 0.328 e. The first-order valence-electron chi connectivity index (χ1n) is 13.4. The number of carboxylic acids is 2. The Kier molecular flexibility index (Phi) is 9.99. The molecular formula is C29H32FN5O7. The number of halogens is 1. The topological polar surface area (TPSA) is 163 Å². The number of nitrogens with one attached hydrogen (secondary N) is 2. The Labute approximate surface area is 240 Å². The first kappa shape index (κ1) is 30.3. The fourth-order valence-corrected chi connectivity index (χ4v) is 4.91. The van der Waals surface area contributed by atoms with Gasteiger partial charge in [0.1, 0.15) is 5.82 Å². The molecule has 0 aliphatic carbocycles. The SMILES string of the molecule is Cn1c(=O)ccc2ccc(F)c(CCN3CCC(NCc4ccc5c(n4)NC(=O)CO5)CC3)c21.O=C(O)/C=C/C(=O)O. The van der Waals surface area contributed by atoms with Gasteiger partial charge in [0.2, 0.25) is 0 Å². The Hall–Kier alpha value is -4.62. The van der Waals surface area contributed by atoms with Crippen LogP contribution in [0.15, 0.2) is 53.3 Å². The van der Waals surface area contributed by atoms with E-state index in [9.17, 15) is 23.6 Å². The zero-order valence-corrected chi connectivity index (χ0v) is 23.0. The van der Waals surface area contributed by atoms with E-state index in [0.29, 0.717) is 53.8 Å². The van der Waals surface area contributed by atoms with Crippen molar-refractivity contribution in [1.82, 2.24) is 19.8 Å². The van der Waals surface area contributed by atoms with Crippen LogP contribution in [-0.4, -0.2) is 74.8 Å². The maximum Gasteiger partial charge on any atom is 0.328 e. The molecule has 12 nitrogen and oxygen atoms in total. The van der Waals surface area contributed by atoms with Crippen molar-refractivity contribution in [3.05, 3.63) is 76.0 Å². The van der Waals surface area contributed by atoms with Crippen LogP contribution in [0.25, 0.3) is 10.9 Å². The summed E-state index contributed by atoms with van der Waals surface area (Å²) in [6.07, 6.45) is 3.65. The van der Waals surface area contributed by atoms with Crippen molar-refractivity contribution in [2.75, 3.05) is 31.6 Å². The minimum Gasteiger partial charge on any atom is -0.480 e. The normalized spacial score (nSPS) is 15.4. The first-order chi connectivity index (χ1) is 20.1. The number of nitrogens with zero attached hydrogens (tertiary/aromatic N) is 3. The van der Waals surface area contributed by atoms with Gasteiger partial charge in [-0.25, -0.2) is 19.0 Å². The number of piperidine rings is 1. The van der Waals surface area contributed by atoms with Gasteiger partial charge in [0.25, 0.3) is 11.5 Å². The first-order valence-corrected chi connectivity index (χ1v) is 13.4. The van der Waals surface area contributed by atoms with Crippen molar-refractivity contribution >= 4 is 34.6 Å². The van der Waals surface area contributed by atoms with Crippen LogP contribution in [0.3, 0.4) is 0 Å². The summed E-state index contributed by atoms with van der Waals surface area (Å²) >= 11 is 0. The third-order valence-corrected chi connectivity index (χ3v) is 7.07. The maximum absolute atomic E-state index is 14.7. The largest absolute Gasteiger partial charge is 0.480 e. The second-order valence-corrected chi connectivity index (χ2v) is 9.94. The number of amides is 1. The average molecular weight is 582 g/mol.